The number of aryl methyl sites for hydroxylation is 1. The van der Waals surface area contributed by atoms with Crippen molar-refractivity contribution in [3.63, 3.8) is 0 Å². The van der Waals surface area contributed by atoms with Gasteiger partial charge in [-0.2, -0.15) is 0 Å². The molecule has 8 heteroatoms. The smallest absolute Gasteiger partial charge is 0.191 e. The van der Waals surface area contributed by atoms with Crippen LogP contribution in [-0.2, 0) is 19.2 Å². The van der Waals surface area contributed by atoms with Crippen LogP contribution >= 0.6 is 0 Å². The van der Waals surface area contributed by atoms with E-state index in [4.69, 9.17) is 4.42 Å². The lowest BCUT2D eigenvalue weighted by molar-refractivity contribution is 0.0386. The molecule has 0 radical (unpaired) electrons. The fourth-order valence-electron chi connectivity index (χ4n) is 2.22. The van der Waals surface area contributed by atoms with Gasteiger partial charge in [-0.3, -0.25) is 0 Å². The molecule has 0 aliphatic rings. The number of unbranched alkanes of at least 4 members (excludes halogenated alkanes) is 1. The van der Waals surface area contributed by atoms with Gasteiger partial charge in [-0.15, -0.1) is 10.2 Å². The highest BCUT2D eigenvalue weighted by Crippen LogP contribution is 2.19. The van der Waals surface area contributed by atoms with Gasteiger partial charge < -0.3 is 24.7 Å². The largest absolute Gasteiger partial charge is 0.466 e. The minimum absolute atomic E-state index is 0.274. The first-order valence-corrected chi connectivity index (χ1v) is 8.57. The van der Waals surface area contributed by atoms with Crippen molar-refractivity contribution in [2.75, 3.05) is 13.1 Å². The first-order chi connectivity index (χ1) is 11.9. The molecule has 1 unspecified atom stereocenters. The number of hydrogen-bond donors (Lipinski definition) is 3. The van der Waals surface area contributed by atoms with Crippen LogP contribution in [0, 0.1) is 6.92 Å². The zero-order valence-electron chi connectivity index (χ0n) is 15.4. The Balaban J connectivity index is 2.01. The molecule has 0 saturated heterocycles. The van der Waals surface area contributed by atoms with Crippen LogP contribution in [0.2, 0.25) is 0 Å². The van der Waals surface area contributed by atoms with E-state index in [-0.39, 0.29) is 6.54 Å². The van der Waals surface area contributed by atoms with Crippen LogP contribution in [0.4, 0.5) is 0 Å². The summed E-state index contributed by atoms with van der Waals surface area (Å²) in [6, 6.07) is 3.51. The first kappa shape index (κ1) is 19.0. The van der Waals surface area contributed by atoms with Gasteiger partial charge in [-0.1, -0.05) is 13.3 Å². The van der Waals surface area contributed by atoms with Crippen LogP contribution in [0.15, 0.2) is 27.8 Å². The SMILES string of the molecule is CCCCNC(=NCc1nnc(C)n1C)NCC(C)(O)c1ccco1. The molecule has 8 nitrogen and oxygen atoms in total. The van der Waals surface area contributed by atoms with E-state index in [1.807, 2.05) is 18.5 Å². The molecule has 2 rings (SSSR count). The molecule has 3 N–H and O–H groups in total. The lowest BCUT2D eigenvalue weighted by Gasteiger charge is -2.23. The van der Waals surface area contributed by atoms with Gasteiger partial charge in [0, 0.05) is 13.6 Å². The van der Waals surface area contributed by atoms with E-state index < -0.39 is 5.60 Å². The van der Waals surface area contributed by atoms with Gasteiger partial charge in [-0.05, 0) is 32.4 Å². The molecular formula is C17H28N6O2. The van der Waals surface area contributed by atoms with Crippen LogP contribution in [0.5, 0.6) is 0 Å². The molecule has 0 amide bonds. The predicted molar refractivity (Wildman–Crippen MR) is 96.1 cm³/mol. The maximum absolute atomic E-state index is 10.6. The van der Waals surface area contributed by atoms with Crippen molar-refractivity contribution in [1.29, 1.82) is 0 Å². The minimum Gasteiger partial charge on any atom is -0.466 e. The summed E-state index contributed by atoms with van der Waals surface area (Å²) >= 11 is 0. The van der Waals surface area contributed by atoms with Gasteiger partial charge in [0.1, 0.15) is 23.7 Å². The lowest BCUT2D eigenvalue weighted by Crippen LogP contribution is -2.44. The van der Waals surface area contributed by atoms with E-state index in [0.717, 1.165) is 31.0 Å². The molecular weight excluding hydrogens is 320 g/mol. The molecule has 138 valence electrons. The highest BCUT2D eigenvalue weighted by molar-refractivity contribution is 5.79. The average Bonchev–Trinajstić information content (AvgIpc) is 3.23. The molecule has 2 aromatic heterocycles. The van der Waals surface area contributed by atoms with E-state index in [1.165, 1.54) is 0 Å². The molecule has 2 heterocycles. The Morgan fingerprint density at radius 3 is 2.80 bits per heavy atom. The van der Waals surface area contributed by atoms with Gasteiger partial charge in [0.05, 0.1) is 12.8 Å². The topological polar surface area (TPSA) is 100 Å². The first-order valence-electron chi connectivity index (χ1n) is 8.57. The van der Waals surface area contributed by atoms with Crippen LogP contribution in [0.25, 0.3) is 0 Å². The van der Waals surface area contributed by atoms with E-state index in [9.17, 15) is 5.11 Å². The van der Waals surface area contributed by atoms with Crippen LogP contribution in [0.1, 0.15) is 44.1 Å². The quantitative estimate of drug-likeness (QED) is 0.379. The predicted octanol–water partition coefficient (Wildman–Crippen LogP) is 1.46. The Morgan fingerprint density at radius 2 is 2.20 bits per heavy atom. The second kappa shape index (κ2) is 8.66. The number of aliphatic hydroxyl groups is 1. The third kappa shape index (κ3) is 5.32. The number of nitrogens with zero attached hydrogens (tertiary/aromatic N) is 4. The summed E-state index contributed by atoms with van der Waals surface area (Å²) in [6.07, 6.45) is 3.68. The number of nitrogens with one attached hydrogen (secondary N) is 2. The maximum atomic E-state index is 10.6. The van der Waals surface area contributed by atoms with Crippen molar-refractivity contribution in [2.24, 2.45) is 12.0 Å². The second-order valence-electron chi connectivity index (χ2n) is 6.27. The van der Waals surface area contributed by atoms with Crippen LogP contribution < -0.4 is 10.6 Å². The van der Waals surface area contributed by atoms with E-state index >= 15 is 0 Å². The third-order valence-electron chi connectivity index (χ3n) is 4.04. The molecule has 1 atom stereocenters. The van der Waals surface area contributed by atoms with E-state index in [2.05, 4.69) is 32.7 Å². The number of rotatable bonds is 8. The summed E-state index contributed by atoms with van der Waals surface area (Å²) in [5.41, 5.74) is -1.13. The fourth-order valence-corrected chi connectivity index (χ4v) is 2.22. The standard InChI is InChI=1S/C17H28N6O2/c1-5-6-9-18-16(19-11-15-22-21-13(2)23(15)4)20-12-17(3,24)14-8-7-10-25-14/h7-8,10,24H,5-6,9,11-12H2,1-4H3,(H2,18,19,20). The summed E-state index contributed by atoms with van der Waals surface area (Å²) in [6.45, 7) is 7.23. The van der Waals surface area contributed by atoms with Gasteiger partial charge >= 0.3 is 0 Å². The molecule has 0 aliphatic heterocycles. The molecule has 25 heavy (non-hydrogen) atoms. The Hall–Kier alpha value is -2.35. The summed E-state index contributed by atoms with van der Waals surface area (Å²) < 4.78 is 7.21. The van der Waals surface area contributed by atoms with Crippen molar-refractivity contribution in [2.45, 2.75) is 45.8 Å². The molecule has 0 fully saturated rings. The van der Waals surface area contributed by atoms with Gasteiger partial charge in [0.2, 0.25) is 0 Å². The minimum atomic E-state index is -1.13. The molecule has 0 bridgehead atoms. The second-order valence-corrected chi connectivity index (χ2v) is 6.27. The Bertz CT molecular complexity index is 675. The highest BCUT2D eigenvalue weighted by Gasteiger charge is 2.26. The molecule has 0 saturated carbocycles. The number of furan rings is 1. The fraction of sp³-hybridized carbons (Fsp3) is 0.588. The van der Waals surface area contributed by atoms with Crippen molar-refractivity contribution >= 4 is 5.96 Å². The van der Waals surface area contributed by atoms with Crippen molar-refractivity contribution in [1.82, 2.24) is 25.4 Å². The summed E-state index contributed by atoms with van der Waals surface area (Å²) in [5.74, 6) is 2.77. The summed E-state index contributed by atoms with van der Waals surface area (Å²) in [4.78, 5) is 4.55. The summed E-state index contributed by atoms with van der Waals surface area (Å²) in [5, 5.41) is 25.2. The Morgan fingerprint density at radius 1 is 1.40 bits per heavy atom. The Kier molecular flexibility index (Phi) is 6.58. The molecule has 2 aromatic rings. The average molecular weight is 348 g/mol. The molecule has 0 aliphatic carbocycles. The monoisotopic (exact) mass is 348 g/mol. The van der Waals surface area contributed by atoms with E-state index in [1.54, 1.807) is 25.3 Å². The number of aromatic nitrogens is 3. The third-order valence-corrected chi connectivity index (χ3v) is 4.04. The van der Waals surface area contributed by atoms with Crippen LogP contribution in [-0.4, -0.2) is 38.9 Å². The lowest BCUT2D eigenvalue weighted by atomic mass is 10.0. The maximum Gasteiger partial charge on any atom is 0.191 e. The zero-order chi connectivity index (χ0) is 18.3. The van der Waals surface area contributed by atoms with Crippen molar-refractivity contribution in [3.05, 3.63) is 35.8 Å². The number of hydrogen-bond acceptors (Lipinski definition) is 5. The van der Waals surface area contributed by atoms with Gasteiger partial charge in [0.15, 0.2) is 11.8 Å². The molecule has 0 spiro atoms. The van der Waals surface area contributed by atoms with Crippen molar-refractivity contribution in [3.8, 4) is 0 Å². The number of guanidine groups is 1. The van der Waals surface area contributed by atoms with Crippen LogP contribution in [0.3, 0.4) is 0 Å². The zero-order valence-corrected chi connectivity index (χ0v) is 15.4. The van der Waals surface area contributed by atoms with Crippen molar-refractivity contribution < 1.29 is 9.52 Å². The highest BCUT2D eigenvalue weighted by atomic mass is 16.4. The summed E-state index contributed by atoms with van der Waals surface area (Å²) in [7, 11) is 1.92. The van der Waals surface area contributed by atoms with E-state index in [0.29, 0.717) is 18.3 Å². The molecule has 0 aromatic carbocycles. The van der Waals surface area contributed by atoms with Gasteiger partial charge in [0.25, 0.3) is 0 Å². The Labute approximate surface area is 148 Å². The number of aliphatic imine (C=N–C) groups is 1. The van der Waals surface area contributed by atoms with Gasteiger partial charge in [-0.25, -0.2) is 4.99 Å². The normalized spacial score (nSPS) is 14.4.